The van der Waals surface area contributed by atoms with Crippen LogP contribution >= 0.6 is 0 Å². The number of aliphatic hydroxyl groups is 1. The summed E-state index contributed by atoms with van der Waals surface area (Å²) in [7, 11) is 0. The van der Waals surface area contributed by atoms with Crippen LogP contribution in [0.3, 0.4) is 0 Å². The molecule has 0 aromatic heterocycles. The lowest BCUT2D eigenvalue weighted by atomic mass is 9.90. The van der Waals surface area contributed by atoms with E-state index in [0.717, 1.165) is 6.42 Å². The molecule has 3 nitrogen and oxygen atoms in total. The zero-order chi connectivity index (χ0) is 8.54. The molecule has 1 N–H and O–H groups in total. The van der Waals surface area contributed by atoms with Crippen molar-refractivity contribution in [2.45, 2.75) is 44.8 Å². The van der Waals surface area contributed by atoms with Gasteiger partial charge in [-0.1, -0.05) is 0 Å². The third-order valence-electron chi connectivity index (χ3n) is 1.91. The standard InChI is InChI=1S/C8H16O3/c1-7(2)6-8(3,4-5-9)11-10-7/h9H,4-6H2,1-3H3. The normalized spacial score (nSPS) is 36.0. The lowest BCUT2D eigenvalue weighted by Gasteiger charge is -2.18. The summed E-state index contributed by atoms with van der Waals surface area (Å²) < 4.78 is 0. The first kappa shape index (κ1) is 8.97. The smallest absolute Gasteiger partial charge is 0.106 e. The highest BCUT2D eigenvalue weighted by Crippen LogP contribution is 2.37. The van der Waals surface area contributed by atoms with Crippen LogP contribution in [0.25, 0.3) is 0 Å². The highest BCUT2D eigenvalue weighted by molar-refractivity contribution is 4.86. The molecule has 0 aromatic rings. The Morgan fingerprint density at radius 2 is 1.91 bits per heavy atom. The Kier molecular flexibility index (Phi) is 2.23. The third kappa shape index (κ3) is 2.15. The van der Waals surface area contributed by atoms with Gasteiger partial charge in [0.05, 0.1) is 0 Å². The van der Waals surface area contributed by atoms with E-state index in [1.807, 2.05) is 20.8 Å². The van der Waals surface area contributed by atoms with Crippen molar-refractivity contribution in [2.24, 2.45) is 0 Å². The molecule has 0 bridgehead atoms. The summed E-state index contributed by atoms with van der Waals surface area (Å²) in [6.45, 7) is 6.07. The number of hydrogen-bond acceptors (Lipinski definition) is 3. The summed E-state index contributed by atoms with van der Waals surface area (Å²) in [6.07, 6.45) is 1.47. The van der Waals surface area contributed by atoms with Crippen molar-refractivity contribution in [1.29, 1.82) is 0 Å². The molecule has 0 aliphatic carbocycles. The highest BCUT2D eigenvalue weighted by atomic mass is 17.2. The summed E-state index contributed by atoms with van der Waals surface area (Å²) in [5.41, 5.74) is -0.498. The van der Waals surface area contributed by atoms with Crippen LogP contribution in [0.4, 0.5) is 0 Å². The molecule has 0 spiro atoms. The molecule has 3 heteroatoms. The van der Waals surface area contributed by atoms with E-state index in [1.54, 1.807) is 0 Å². The van der Waals surface area contributed by atoms with Crippen LogP contribution in [-0.4, -0.2) is 22.9 Å². The third-order valence-corrected chi connectivity index (χ3v) is 1.91. The molecular formula is C8H16O3. The monoisotopic (exact) mass is 160 g/mol. The van der Waals surface area contributed by atoms with Crippen molar-refractivity contribution in [1.82, 2.24) is 0 Å². The van der Waals surface area contributed by atoms with Gasteiger partial charge < -0.3 is 5.11 Å². The fourth-order valence-electron chi connectivity index (χ4n) is 1.54. The fraction of sp³-hybridized carbons (Fsp3) is 1.00. The van der Waals surface area contributed by atoms with Crippen LogP contribution in [0.5, 0.6) is 0 Å². The van der Waals surface area contributed by atoms with Gasteiger partial charge in [-0.05, 0) is 20.8 Å². The molecule has 11 heavy (non-hydrogen) atoms. The minimum Gasteiger partial charge on any atom is -0.396 e. The summed E-state index contributed by atoms with van der Waals surface area (Å²) in [6, 6.07) is 0. The van der Waals surface area contributed by atoms with E-state index in [9.17, 15) is 0 Å². The molecule has 0 saturated carbocycles. The van der Waals surface area contributed by atoms with E-state index >= 15 is 0 Å². The Labute approximate surface area is 67.2 Å². The van der Waals surface area contributed by atoms with E-state index in [0.29, 0.717) is 6.42 Å². The van der Waals surface area contributed by atoms with Crippen molar-refractivity contribution in [3.63, 3.8) is 0 Å². The Hall–Kier alpha value is -0.120. The SMILES string of the molecule is CC1(C)CC(C)(CCO)OO1. The number of rotatable bonds is 2. The maximum absolute atomic E-state index is 8.73. The van der Waals surface area contributed by atoms with Gasteiger partial charge in [-0.2, -0.15) is 0 Å². The van der Waals surface area contributed by atoms with Crippen molar-refractivity contribution in [2.75, 3.05) is 6.61 Å². The van der Waals surface area contributed by atoms with Crippen LogP contribution in [0.15, 0.2) is 0 Å². The molecule has 1 rings (SSSR count). The van der Waals surface area contributed by atoms with Crippen LogP contribution < -0.4 is 0 Å². The van der Waals surface area contributed by atoms with Crippen molar-refractivity contribution >= 4 is 0 Å². The maximum atomic E-state index is 8.73. The van der Waals surface area contributed by atoms with Gasteiger partial charge in [-0.25, -0.2) is 9.78 Å². The zero-order valence-corrected chi connectivity index (χ0v) is 7.39. The molecule has 1 aliphatic heterocycles. The molecule has 66 valence electrons. The first-order valence-electron chi connectivity index (χ1n) is 3.95. The van der Waals surface area contributed by atoms with Gasteiger partial charge in [-0.15, -0.1) is 0 Å². The molecule has 0 radical (unpaired) electrons. The van der Waals surface area contributed by atoms with Gasteiger partial charge in [0.1, 0.15) is 11.2 Å². The molecule has 0 amide bonds. The van der Waals surface area contributed by atoms with Crippen LogP contribution in [0.2, 0.25) is 0 Å². The highest BCUT2D eigenvalue weighted by Gasteiger charge is 2.42. The number of hydrogen-bond donors (Lipinski definition) is 1. The largest absolute Gasteiger partial charge is 0.396 e. The van der Waals surface area contributed by atoms with E-state index in [2.05, 4.69) is 0 Å². The average Bonchev–Trinajstić information content (AvgIpc) is 2.07. The van der Waals surface area contributed by atoms with E-state index < -0.39 is 0 Å². The van der Waals surface area contributed by atoms with Gasteiger partial charge in [0.25, 0.3) is 0 Å². The Balaban J connectivity index is 2.51. The first-order valence-corrected chi connectivity index (χ1v) is 3.95. The molecule has 1 fully saturated rings. The summed E-state index contributed by atoms with van der Waals surface area (Å²) >= 11 is 0. The van der Waals surface area contributed by atoms with Crippen molar-refractivity contribution in [3.05, 3.63) is 0 Å². The van der Waals surface area contributed by atoms with Gasteiger partial charge >= 0.3 is 0 Å². The molecule has 1 heterocycles. The second-order valence-corrected chi connectivity index (χ2v) is 4.03. The predicted molar refractivity (Wildman–Crippen MR) is 41.0 cm³/mol. The van der Waals surface area contributed by atoms with Crippen molar-refractivity contribution in [3.8, 4) is 0 Å². The van der Waals surface area contributed by atoms with Gasteiger partial charge in [0.2, 0.25) is 0 Å². The van der Waals surface area contributed by atoms with E-state index in [1.165, 1.54) is 0 Å². The molecule has 1 aliphatic rings. The molecular weight excluding hydrogens is 144 g/mol. The molecule has 1 atom stereocenters. The molecule has 1 unspecified atom stereocenters. The number of aliphatic hydroxyl groups excluding tert-OH is 1. The Bertz CT molecular complexity index is 144. The van der Waals surface area contributed by atoms with Crippen LogP contribution in [0, 0.1) is 0 Å². The lowest BCUT2D eigenvalue weighted by Crippen LogP contribution is -2.27. The maximum Gasteiger partial charge on any atom is 0.106 e. The Morgan fingerprint density at radius 1 is 1.27 bits per heavy atom. The average molecular weight is 160 g/mol. The second-order valence-electron chi connectivity index (χ2n) is 4.03. The Morgan fingerprint density at radius 3 is 2.27 bits per heavy atom. The predicted octanol–water partition coefficient (Wildman–Crippen LogP) is 1.26. The van der Waals surface area contributed by atoms with Gasteiger partial charge in [-0.3, -0.25) is 0 Å². The zero-order valence-electron chi connectivity index (χ0n) is 7.39. The van der Waals surface area contributed by atoms with E-state index in [4.69, 9.17) is 14.9 Å². The van der Waals surface area contributed by atoms with Gasteiger partial charge in [0.15, 0.2) is 0 Å². The van der Waals surface area contributed by atoms with Gasteiger partial charge in [0, 0.05) is 19.4 Å². The minimum atomic E-state index is -0.293. The second kappa shape index (κ2) is 2.73. The summed E-state index contributed by atoms with van der Waals surface area (Å²) in [5.74, 6) is 0. The van der Waals surface area contributed by atoms with Crippen LogP contribution in [-0.2, 0) is 9.78 Å². The minimum absolute atomic E-state index is 0.149. The fourth-order valence-corrected chi connectivity index (χ4v) is 1.54. The quantitative estimate of drug-likeness (QED) is 0.618. The first-order chi connectivity index (χ1) is 4.97. The van der Waals surface area contributed by atoms with Crippen molar-refractivity contribution < 1.29 is 14.9 Å². The summed E-state index contributed by atoms with van der Waals surface area (Å²) in [4.78, 5) is 10.2. The lowest BCUT2D eigenvalue weighted by molar-refractivity contribution is -0.342. The topological polar surface area (TPSA) is 38.7 Å². The van der Waals surface area contributed by atoms with E-state index in [-0.39, 0.29) is 17.8 Å². The molecule has 1 saturated heterocycles. The van der Waals surface area contributed by atoms with Crippen LogP contribution in [0.1, 0.15) is 33.6 Å². The summed E-state index contributed by atoms with van der Waals surface area (Å²) in [5, 5.41) is 8.73. The molecule has 0 aromatic carbocycles.